The summed E-state index contributed by atoms with van der Waals surface area (Å²) in [7, 11) is 0. The Kier molecular flexibility index (Phi) is 2.55. The Labute approximate surface area is 114 Å². The average molecular weight is 270 g/mol. The molecule has 0 bridgehead atoms. The van der Waals surface area contributed by atoms with Crippen molar-refractivity contribution in [3.05, 3.63) is 46.5 Å². The van der Waals surface area contributed by atoms with Crippen molar-refractivity contribution in [1.82, 2.24) is 4.90 Å². The van der Waals surface area contributed by atoms with Crippen LogP contribution in [0.15, 0.2) is 30.3 Å². The fourth-order valence-corrected chi connectivity index (χ4v) is 2.57. The summed E-state index contributed by atoms with van der Waals surface area (Å²) in [5.74, 6) is 1.59. The Morgan fingerprint density at radius 3 is 2.47 bits per heavy atom. The van der Waals surface area contributed by atoms with Gasteiger partial charge in [0.05, 0.1) is 6.54 Å². The second-order valence-electron chi connectivity index (χ2n) is 4.22. The number of amides is 2. The van der Waals surface area contributed by atoms with Gasteiger partial charge in [0.25, 0.3) is 11.8 Å². The molecule has 0 saturated carbocycles. The highest BCUT2D eigenvalue weighted by Crippen LogP contribution is 2.33. The van der Waals surface area contributed by atoms with E-state index >= 15 is 0 Å². The third kappa shape index (κ3) is 1.54. The van der Waals surface area contributed by atoms with Crippen LogP contribution in [0.1, 0.15) is 20.7 Å². The van der Waals surface area contributed by atoms with Crippen LogP contribution in [0.4, 0.5) is 0 Å². The minimum atomic E-state index is -0.372. The van der Waals surface area contributed by atoms with E-state index in [4.69, 9.17) is 18.0 Å². The third-order valence-corrected chi connectivity index (χ3v) is 3.52. The maximum Gasteiger partial charge on any atom is 0.262 e. The van der Waals surface area contributed by atoms with Gasteiger partial charge in [-0.2, -0.15) is 0 Å². The lowest BCUT2D eigenvalue weighted by Crippen LogP contribution is -2.40. The summed E-state index contributed by atoms with van der Waals surface area (Å²) in [6.45, 7) is -0.0316. The Bertz CT molecular complexity index is 751. The maximum absolute atomic E-state index is 12.3. The van der Waals surface area contributed by atoms with Gasteiger partial charge in [-0.05, 0) is 18.2 Å². The van der Waals surface area contributed by atoms with Gasteiger partial charge >= 0.3 is 0 Å². The van der Waals surface area contributed by atoms with Gasteiger partial charge in [-0.25, -0.2) is 0 Å². The molecule has 3 nitrogen and oxygen atoms in total. The van der Waals surface area contributed by atoms with Crippen molar-refractivity contribution in [2.45, 2.75) is 0 Å². The van der Waals surface area contributed by atoms with E-state index in [9.17, 15) is 9.59 Å². The molecule has 0 fully saturated rings. The van der Waals surface area contributed by atoms with Crippen LogP contribution in [0.2, 0.25) is 5.02 Å². The zero-order chi connectivity index (χ0) is 13.6. The highest BCUT2D eigenvalue weighted by molar-refractivity contribution is 6.38. The van der Waals surface area contributed by atoms with Crippen LogP contribution in [0.5, 0.6) is 0 Å². The molecule has 0 saturated heterocycles. The predicted molar refractivity (Wildman–Crippen MR) is 73.2 cm³/mol. The Balaban J connectivity index is 2.39. The number of nitrogens with zero attached hydrogens (tertiary/aromatic N) is 1. The van der Waals surface area contributed by atoms with E-state index in [0.29, 0.717) is 26.9 Å². The molecule has 92 valence electrons. The van der Waals surface area contributed by atoms with E-state index in [1.807, 2.05) is 0 Å². The summed E-state index contributed by atoms with van der Waals surface area (Å²) in [6, 6.07) is 8.51. The third-order valence-electron chi connectivity index (χ3n) is 3.19. The topological polar surface area (TPSA) is 37.4 Å². The van der Waals surface area contributed by atoms with Crippen LogP contribution >= 0.6 is 11.6 Å². The number of rotatable bonds is 1. The molecule has 1 aliphatic rings. The number of hydrogen-bond donors (Lipinski definition) is 0. The molecule has 0 radical (unpaired) electrons. The summed E-state index contributed by atoms with van der Waals surface area (Å²) >= 11 is 6.11. The lowest BCUT2D eigenvalue weighted by Gasteiger charge is -2.25. The predicted octanol–water partition coefficient (Wildman–Crippen LogP) is 2.72. The van der Waals surface area contributed by atoms with Crippen molar-refractivity contribution < 1.29 is 9.59 Å². The molecule has 2 aromatic carbocycles. The molecule has 0 aliphatic carbocycles. The van der Waals surface area contributed by atoms with Crippen LogP contribution in [-0.4, -0.2) is 23.3 Å². The van der Waals surface area contributed by atoms with E-state index in [0.717, 1.165) is 4.90 Å². The van der Waals surface area contributed by atoms with E-state index in [-0.39, 0.29) is 18.4 Å². The summed E-state index contributed by atoms with van der Waals surface area (Å²) in [4.78, 5) is 25.6. The number of halogens is 1. The molecule has 0 spiro atoms. The molecule has 1 aliphatic heterocycles. The molecule has 19 heavy (non-hydrogen) atoms. The maximum atomic E-state index is 12.3. The first-order chi connectivity index (χ1) is 9.15. The molecule has 0 atom stereocenters. The number of imide groups is 1. The van der Waals surface area contributed by atoms with Gasteiger partial charge < -0.3 is 0 Å². The molecule has 1 heterocycles. The van der Waals surface area contributed by atoms with Gasteiger partial charge in [0.15, 0.2) is 0 Å². The van der Waals surface area contributed by atoms with Crippen LogP contribution in [-0.2, 0) is 0 Å². The molecule has 0 N–H and O–H groups in total. The number of hydrogen-bond acceptors (Lipinski definition) is 2. The molecular formula is C15H8ClNO2. The monoisotopic (exact) mass is 269 g/mol. The lowest BCUT2D eigenvalue weighted by atomic mass is 9.94. The number of carbonyl (C=O) groups is 2. The zero-order valence-corrected chi connectivity index (χ0v) is 10.6. The van der Waals surface area contributed by atoms with Gasteiger partial charge in [-0.1, -0.05) is 29.7 Å². The van der Waals surface area contributed by atoms with Gasteiger partial charge in [-0.15, -0.1) is 6.42 Å². The Hall–Kier alpha value is -2.31. The second kappa shape index (κ2) is 4.11. The molecule has 4 heteroatoms. The number of terminal acetylenes is 1. The quantitative estimate of drug-likeness (QED) is 0.590. The zero-order valence-electron chi connectivity index (χ0n) is 9.81. The normalized spacial score (nSPS) is 13.8. The van der Waals surface area contributed by atoms with E-state index in [2.05, 4.69) is 5.92 Å². The SMILES string of the molecule is C#CCN1C(=O)c2cccc3c(Cl)ccc(c23)C1=O. The van der Waals surface area contributed by atoms with Gasteiger partial charge in [-0.3, -0.25) is 14.5 Å². The highest BCUT2D eigenvalue weighted by Gasteiger charge is 2.32. The molecule has 0 unspecified atom stereocenters. The fraction of sp³-hybridized carbons (Fsp3) is 0.0667. The van der Waals surface area contributed by atoms with Crippen molar-refractivity contribution in [2.75, 3.05) is 6.54 Å². The highest BCUT2D eigenvalue weighted by atomic mass is 35.5. The largest absolute Gasteiger partial charge is 0.269 e. The minimum absolute atomic E-state index is 0.0316. The lowest BCUT2D eigenvalue weighted by molar-refractivity contribution is 0.0632. The van der Waals surface area contributed by atoms with Crippen LogP contribution in [0.25, 0.3) is 10.8 Å². The van der Waals surface area contributed by atoms with Crippen molar-refractivity contribution in [2.24, 2.45) is 0 Å². The molecular weight excluding hydrogens is 262 g/mol. The van der Waals surface area contributed by atoms with E-state index in [1.165, 1.54) is 0 Å². The van der Waals surface area contributed by atoms with Gasteiger partial charge in [0.1, 0.15) is 0 Å². The minimum Gasteiger partial charge on any atom is -0.269 e. The van der Waals surface area contributed by atoms with Crippen LogP contribution < -0.4 is 0 Å². The molecule has 2 aromatic rings. The first-order valence-electron chi connectivity index (χ1n) is 5.66. The van der Waals surface area contributed by atoms with Crippen molar-refractivity contribution >= 4 is 34.2 Å². The van der Waals surface area contributed by atoms with Crippen LogP contribution in [0.3, 0.4) is 0 Å². The first-order valence-corrected chi connectivity index (χ1v) is 6.04. The van der Waals surface area contributed by atoms with Gasteiger partial charge in [0.2, 0.25) is 0 Å². The summed E-state index contributed by atoms with van der Waals surface area (Å²) in [6.07, 6.45) is 5.21. The Morgan fingerprint density at radius 2 is 1.79 bits per heavy atom. The van der Waals surface area contributed by atoms with E-state index < -0.39 is 0 Å². The fourth-order valence-electron chi connectivity index (χ4n) is 2.35. The smallest absolute Gasteiger partial charge is 0.262 e. The standard InChI is InChI=1S/C15H8ClNO2/c1-2-8-17-14(18)10-5-3-4-9-12(16)7-6-11(13(9)10)15(17)19/h1,3-7H,8H2. The van der Waals surface area contributed by atoms with Crippen LogP contribution in [0, 0.1) is 12.3 Å². The summed E-state index contributed by atoms with van der Waals surface area (Å²) in [5, 5.41) is 1.84. The van der Waals surface area contributed by atoms with Crippen molar-refractivity contribution in [3.8, 4) is 12.3 Å². The number of benzene rings is 2. The summed E-state index contributed by atoms with van der Waals surface area (Å²) in [5.41, 5.74) is 0.926. The average Bonchev–Trinajstić information content (AvgIpc) is 2.42. The molecule has 3 rings (SSSR count). The second-order valence-corrected chi connectivity index (χ2v) is 4.63. The van der Waals surface area contributed by atoms with Gasteiger partial charge in [0, 0.05) is 26.9 Å². The Morgan fingerprint density at radius 1 is 1.11 bits per heavy atom. The van der Waals surface area contributed by atoms with Crippen molar-refractivity contribution in [3.63, 3.8) is 0 Å². The molecule has 2 amide bonds. The first kappa shape index (κ1) is 11.8. The number of carbonyl (C=O) groups excluding carboxylic acids is 2. The molecule has 0 aromatic heterocycles. The van der Waals surface area contributed by atoms with Crippen molar-refractivity contribution in [1.29, 1.82) is 0 Å². The van der Waals surface area contributed by atoms with E-state index in [1.54, 1.807) is 30.3 Å². The summed E-state index contributed by atoms with van der Waals surface area (Å²) < 4.78 is 0.